The molecule has 2 N–H and O–H groups in total. The predicted molar refractivity (Wildman–Crippen MR) is 106 cm³/mol. The van der Waals surface area contributed by atoms with Gasteiger partial charge in [0.15, 0.2) is 10.1 Å². The van der Waals surface area contributed by atoms with Crippen LogP contribution >= 0.6 is 23.1 Å². The molecule has 0 aliphatic rings. The summed E-state index contributed by atoms with van der Waals surface area (Å²) >= 11 is 2.68. The number of hydrogen-bond donors (Lipinski definition) is 2. The minimum absolute atomic E-state index is 0.0948. The summed E-state index contributed by atoms with van der Waals surface area (Å²) in [5.41, 5.74) is 1.00. The summed E-state index contributed by atoms with van der Waals surface area (Å²) in [6, 6.07) is 10.6. The van der Waals surface area contributed by atoms with Crippen LogP contribution in [0.4, 0.5) is 10.8 Å². The number of hydrogen-bond acceptors (Lipinski definition) is 8. The molecule has 27 heavy (non-hydrogen) atoms. The normalized spacial score (nSPS) is 11.8. The van der Waals surface area contributed by atoms with E-state index in [4.69, 9.17) is 4.42 Å². The first-order valence-corrected chi connectivity index (χ1v) is 9.90. The highest BCUT2D eigenvalue weighted by Gasteiger charge is 2.19. The number of rotatable bonds is 8. The van der Waals surface area contributed by atoms with Gasteiger partial charge in [-0.2, -0.15) is 0 Å². The average Bonchev–Trinajstić information content (AvgIpc) is 3.32. The van der Waals surface area contributed by atoms with Crippen molar-refractivity contribution in [2.24, 2.45) is 0 Å². The fraction of sp³-hybridized carbons (Fsp3) is 0.222. The van der Waals surface area contributed by atoms with Gasteiger partial charge in [-0.15, -0.1) is 10.2 Å². The molecule has 1 unspecified atom stereocenters. The lowest BCUT2D eigenvalue weighted by Crippen LogP contribution is -2.23. The van der Waals surface area contributed by atoms with Gasteiger partial charge < -0.3 is 15.1 Å². The molecule has 2 aromatic heterocycles. The SMILES string of the molecule is CC(=O)c1ccccc1NC(=O)C(C)Sc1nnc(NCc2ccco2)s1. The van der Waals surface area contributed by atoms with Crippen molar-refractivity contribution in [3.63, 3.8) is 0 Å². The van der Waals surface area contributed by atoms with E-state index in [1.165, 1.54) is 30.0 Å². The number of carbonyl (C=O) groups is 2. The number of benzene rings is 1. The lowest BCUT2D eigenvalue weighted by molar-refractivity contribution is -0.115. The van der Waals surface area contributed by atoms with E-state index < -0.39 is 5.25 Å². The van der Waals surface area contributed by atoms with Gasteiger partial charge in [-0.05, 0) is 38.1 Å². The fourth-order valence-electron chi connectivity index (χ4n) is 2.24. The van der Waals surface area contributed by atoms with Crippen molar-refractivity contribution in [3.8, 4) is 0 Å². The van der Waals surface area contributed by atoms with Crippen LogP contribution in [0.2, 0.25) is 0 Å². The van der Waals surface area contributed by atoms with Gasteiger partial charge in [-0.3, -0.25) is 9.59 Å². The number of thioether (sulfide) groups is 1. The van der Waals surface area contributed by atoms with Gasteiger partial charge in [-0.25, -0.2) is 0 Å². The molecular formula is C18H18N4O3S2. The highest BCUT2D eigenvalue weighted by molar-refractivity contribution is 8.02. The molecule has 3 aromatic rings. The Morgan fingerprint density at radius 3 is 2.78 bits per heavy atom. The molecule has 0 radical (unpaired) electrons. The molecule has 0 aliphatic carbocycles. The molecule has 140 valence electrons. The molecule has 1 aromatic carbocycles. The summed E-state index contributed by atoms with van der Waals surface area (Å²) in [6.45, 7) is 3.78. The minimum atomic E-state index is -0.393. The molecule has 2 heterocycles. The second-order valence-electron chi connectivity index (χ2n) is 5.66. The Hall–Kier alpha value is -2.65. The van der Waals surface area contributed by atoms with E-state index >= 15 is 0 Å². The second kappa shape index (κ2) is 8.83. The van der Waals surface area contributed by atoms with Crippen LogP contribution in [0.15, 0.2) is 51.4 Å². The van der Waals surface area contributed by atoms with Crippen LogP contribution in [0.5, 0.6) is 0 Å². The predicted octanol–water partition coefficient (Wildman–Crippen LogP) is 4.07. The first-order chi connectivity index (χ1) is 13.0. The molecule has 0 fully saturated rings. The summed E-state index contributed by atoms with van der Waals surface area (Å²) in [6.07, 6.45) is 1.61. The number of para-hydroxylation sites is 1. The number of nitrogens with zero attached hydrogens (tertiary/aromatic N) is 2. The summed E-state index contributed by atoms with van der Waals surface area (Å²) < 4.78 is 5.93. The van der Waals surface area contributed by atoms with Crippen molar-refractivity contribution in [2.75, 3.05) is 10.6 Å². The Bertz CT molecular complexity index is 924. The molecule has 0 aliphatic heterocycles. The van der Waals surface area contributed by atoms with E-state index in [9.17, 15) is 9.59 Å². The topological polar surface area (TPSA) is 97.1 Å². The highest BCUT2D eigenvalue weighted by atomic mass is 32.2. The maximum Gasteiger partial charge on any atom is 0.237 e. The van der Waals surface area contributed by atoms with E-state index in [0.717, 1.165) is 5.76 Å². The zero-order valence-corrected chi connectivity index (χ0v) is 16.4. The summed E-state index contributed by atoms with van der Waals surface area (Å²) in [4.78, 5) is 24.1. The molecule has 1 amide bonds. The van der Waals surface area contributed by atoms with Gasteiger partial charge in [0.25, 0.3) is 0 Å². The van der Waals surface area contributed by atoms with Crippen molar-refractivity contribution >= 4 is 45.6 Å². The number of furan rings is 1. The van der Waals surface area contributed by atoms with Crippen LogP contribution in [-0.2, 0) is 11.3 Å². The first kappa shape index (κ1) is 19.1. The van der Waals surface area contributed by atoms with Crippen LogP contribution in [0, 0.1) is 0 Å². The summed E-state index contributed by atoms with van der Waals surface area (Å²) in [7, 11) is 0. The van der Waals surface area contributed by atoms with E-state index in [-0.39, 0.29) is 11.7 Å². The van der Waals surface area contributed by atoms with Gasteiger partial charge in [0.1, 0.15) is 5.76 Å². The van der Waals surface area contributed by atoms with Crippen LogP contribution in [-0.4, -0.2) is 27.1 Å². The molecule has 3 rings (SSSR count). The van der Waals surface area contributed by atoms with Crippen LogP contribution in [0.25, 0.3) is 0 Å². The number of nitrogens with one attached hydrogen (secondary N) is 2. The quantitative estimate of drug-likeness (QED) is 0.433. The Kier molecular flexibility index (Phi) is 6.25. The number of amides is 1. The Labute approximate surface area is 164 Å². The molecule has 1 atom stereocenters. The summed E-state index contributed by atoms with van der Waals surface area (Å²) in [5.74, 6) is 0.507. The molecule has 0 saturated heterocycles. The Morgan fingerprint density at radius 2 is 2.04 bits per heavy atom. The standard InChI is InChI=1S/C18H18N4O3S2/c1-11(23)14-7-3-4-8-15(14)20-16(24)12(2)26-18-22-21-17(27-18)19-10-13-6-5-9-25-13/h3-9,12H,10H2,1-2H3,(H,19,21)(H,20,24). The molecule has 9 heteroatoms. The third-order valence-electron chi connectivity index (χ3n) is 3.61. The third kappa shape index (κ3) is 5.18. The second-order valence-corrected chi connectivity index (χ2v) is 8.22. The van der Waals surface area contributed by atoms with Crippen molar-refractivity contribution < 1.29 is 14.0 Å². The first-order valence-electron chi connectivity index (χ1n) is 8.20. The van der Waals surface area contributed by atoms with Crippen molar-refractivity contribution in [3.05, 3.63) is 54.0 Å². The van der Waals surface area contributed by atoms with Gasteiger partial charge in [0.2, 0.25) is 11.0 Å². The Morgan fingerprint density at radius 1 is 1.22 bits per heavy atom. The van der Waals surface area contributed by atoms with Gasteiger partial charge in [-0.1, -0.05) is 35.2 Å². The highest BCUT2D eigenvalue weighted by Crippen LogP contribution is 2.30. The molecule has 7 nitrogen and oxygen atoms in total. The summed E-state index contributed by atoms with van der Waals surface area (Å²) in [5, 5.41) is 14.4. The smallest absolute Gasteiger partial charge is 0.237 e. The van der Waals surface area contributed by atoms with Crippen LogP contribution in [0.3, 0.4) is 0 Å². The fourth-order valence-corrected chi connectivity index (χ4v) is 4.13. The number of ketones is 1. The molecule has 0 saturated carbocycles. The number of aromatic nitrogens is 2. The lowest BCUT2D eigenvalue weighted by Gasteiger charge is -2.12. The lowest BCUT2D eigenvalue weighted by atomic mass is 10.1. The molecule has 0 bridgehead atoms. The maximum atomic E-state index is 12.5. The number of Topliss-reactive ketones (excluding diaryl/α,β-unsaturated/α-hetero) is 1. The van der Waals surface area contributed by atoms with E-state index in [0.29, 0.717) is 27.3 Å². The monoisotopic (exact) mass is 402 g/mol. The third-order valence-corrected chi connectivity index (χ3v) is 5.68. The van der Waals surface area contributed by atoms with Crippen LogP contribution in [0.1, 0.15) is 30.0 Å². The zero-order valence-electron chi connectivity index (χ0n) is 14.8. The average molecular weight is 403 g/mol. The van der Waals surface area contributed by atoms with Crippen LogP contribution < -0.4 is 10.6 Å². The van der Waals surface area contributed by atoms with Crippen molar-refractivity contribution in [1.82, 2.24) is 10.2 Å². The minimum Gasteiger partial charge on any atom is -0.467 e. The van der Waals surface area contributed by atoms with E-state index in [1.807, 2.05) is 12.1 Å². The largest absolute Gasteiger partial charge is 0.467 e. The Balaban J connectivity index is 1.56. The van der Waals surface area contributed by atoms with Crippen molar-refractivity contribution in [1.29, 1.82) is 0 Å². The van der Waals surface area contributed by atoms with Gasteiger partial charge >= 0.3 is 0 Å². The van der Waals surface area contributed by atoms with Gasteiger partial charge in [0.05, 0.1) is 23.7 Å². The number of anilines is 2. The molecule has 0 spiro atoms. The van der Waals surface area contributed by atoms with E-state index in [2.05, 4.69) is 20.8 Å². The maximum absolute atomic E-state index is 12.5. The molecular weight excluding hydrogens is 384 g/mol. The van der Waals surface area contributed by atoms with E-state index in [1.54, 1.807) is 37.5 Å². The van der Waals surface area contributed by atoms with Crippen molar-refractivity contribution in [2.45, 2.75) is 30.0 Å². The zero-order chi connectivity index (χ0) is 19.2. The number of carbonyl (C=O) groups excluding carboxylic acids is 2. The van der Waals surface area contributed by atoms with Gasteiger partial charge in [0, 0.05) is 5.56 Å².